The van der Waals surface area contributed by atoms with Gasteiger partial charge in [0.15, 0.2) is 0 Å². The van der Waals surface area contributed by atoms with Crippen LogP contribution in [0.1, 0.15) is 37.4 Å². The van der Waals surface area contributed by atoms with Gasteiger partial charge in [-0.3, -0.25) is 9.59 Å². The lowest BCUT2D eigenvalue weighted by Crippen LogP contribution is -2.30. The van der Waals surface area contributed by atoms with E-state index in [1.807, 2.05) is 78.9 Å². The van der Waals surface area contributed by atoms with Gasteiger partial charge in [0.05, 0.1) is 33.5 Å². The maximum Gasteiger partial charge on any atom is 0.268 e. The SMILES string of the molecule is Cc1cc(C)c(-c2ccc3c4ccccc4n(-c4cccc5c4C(=O)N(c4ccccc4-c4ccccc4)C5=O)c3c2)c(C)c1. The summed E-state index contributed by atoms with van der Waals surface area (Å²) in [6, 6.07) is 42.4. The fourth-order valence-electron chi connectivity index (χ4n) is 7.22. The van der Waals surface area contributed by atoms with Crippen LogP contribution in [0.2, 0.25) is 0 Å². The molecule has 1 aromatic heterocycles. The highest BCUT2D eigenvalue weighted by molar-refractivity contribution is 6.36. The Kier molecular flexibility index (Phi) is 6.07. The van der Waals surface area contributed by atoms with Gasteiger partial charge in [-0.15, -0.1) is 0 Å². The van der Waals surface area contributed by atoms with E-state index in [0.717, 1.165) is 38.5 Å². The molecular formula is C41H30N2O2. The first-order chi connectivity index (χ1) is 21.9. The molecule has 0 saturated carbocycles. The fourth-order valence-corrected chi connectivity index (χ4v) is 7.22. The van der Waals surface area contributed by atoms with Gasteiger partial charge in [-0.1, -0.05) is 103 Å². The number of hydrogen-bond acceptors (Lipinski definition) is 2. The molecule has 1 aliphatic rings. The molecule has 0 radical (unpaired) electrons. The van der Waals surface area contributed by atoms with Gasteiger partial charge < -0.3 is 4.57 Å². The molecule has 0 fully saturated rings. The van der Waals surface area contributed by atoms with Crippen LogP contribution in [0.3, 0.4) is 0 Å². The Morgan fingerprint density at radius 2 is 1.11 bits per heavy atom. The number of nitrogens with zero attached hydrogens (tertiary/aromatic N) is 2. The summed E-state index contributed by atoms with van der Waals surface area (Å²) in [7, 11) is 0. The quantitative estimate of drug-likeness (QED) is 0.194. The second-order valence-corrected chi connectivity index (χ2v) is 11.9. The van der Waals surface area contributed by atoms with Crippen molar-refractivity contribution in [1.82, 2.24) is 4.57 Å². The van der Waals surface area contributed by atoms with Gasteiger partial charge in [-0.25, -0.2) is 4.90 Å². The maximum atomic E-state index is 14.5. The van der Waals surface area contributed by atoms with Crippen LogP contribution in [-0.4, -0.2) is 16.4 Å². The molecule has 2 heterocycles. The average Bonchev–Trinajstić information content (AvgIpc) is 3.51. The van der Waals surface area contributed by atoms with Gasteiger partial charge in [0, 0.05) is 16.3 Å². The molecule has 2 amide bonds. The van der Waals surface area contributed by atoms with Crippen molar-refractivity contribution >= 4 is 39.3 Å². The molecule has 0 aliphatic carbocycles. The molecule has 216 valence electrons. The maximum absolute atomic E-state index is 14.5. The Morgan fingerprint density at radius 3 is 1.91 bits per heavy atom. The normalized spacial score (nSPS) is 12.8. The van der Waals surface area contributed by atoms with E-state index in [2.05, 4.69) is 67.8 Å². The molecule has 0 unspecified atom stereocenters. The molecule has 7 aromatic rings. The van der Waals surface area contributed by atoms with E-state index >= 15 is 0 Å². The van der Waals surface area contributed by atoms with E-state index in [9.17, 15) is 9.59 Å². The monoisotopic (exact) mass is 582 g/mol. The second kappa shape index (κ2) is 10.2. The number of para-hydroxylation sites is 2. The summed E-state index contributed by atoms with van der Waals surface area (Å²) in [6.07, 6.45) is 0. The highest BCUT2D eigenvalue weighted by Gasteiger charge is 2.40. The van der Waals surface area contributed by atoms with Crippen LogP contribution in [-0.2, 0) is 0 Å². The summed E-state index contributed by atoms with van der Waals surface area (Å²) in [4.78, 5) is 29.9. The number of carbonyl (C=O) groups is 2. The number of rotatable bonds is 4. The van der Waals surface area contributed by atoms with Crippen molar-refractivity contribution in [1.29, 1.82) is 0 Å². The molecule has 4 nitrogen and oxygen atoms in total. The van der Waals surface area contributed by atoms with Crippen molar-refractivity contribution in [3.8, 4) is 27.9 Å². The summed E-state index contributed by atoms with van der Waals surface area (Å²) in [5.74, 6) is -0.631. The number of imide groups is 1. The Hall–Kier alpha value is -5.74. The van der Waals surface area contributed by atoms with Crippen molar-refractivity contribution in [2.45, 2.75) is 20.8 Å². The van der Waals surface area contributed by atoms with Crippen molar-refractivity contribution in [3.05, 3.63) is 155 Å². The third kappa shape index (κ3) is 4.06. The standard InChI is InChI=1S/C41H30N2O2/c1-25-22-26(2)38(27(3)23-25)29-20-21-32-31-15-8-10-18-35(31)42(37(32)24-29)36-19-11-16-33-39(36)41(45)43(40(33)44)34-17-9-7-14-30(34)28-12-5-4-6-13-28/h4-24H,1-3H3. The number of aromatic nitrogens is 1. The van der Waals surface area contributed by atoms with Gasteiger partial charge in [-0.2, -0.15) is 0 Å². The third-order valence-electron chi connectivity index (χ3n) is 9.00. The zero-order chi connectivity index (χ0) is 30.8. The molecule has 0 saturated heterocycles. The van der Waals surface area contributed by atoms with Gasteiger partial charge in [0.25, 0.3) is 11.8 Å². The van der Waals surface area contributed by atoms with Crippen molar-refractivity contribution in [2.75, 3.05) is 4.90 Å². The van der Waals surface area contributed by atoms with Gasteiger partial charge in [-0.05, 0) is 78.9 Å². The molecule has 0 atom stereocenters. The molecule has 4 heteroatoms. The fraction of sp³-hybridized carbons (Fsp3) is 0.0732. The van der Waals surface area contributed by atoms with Gasteiger partial charge >= 0.3 is 0 Å². The van der Waals surface area contributed by atoms with Crippen LogP contribution in [0.25, 0.3) is 49.7 Å². The Labute approximate surface area is 261 Å². The summed E-state index contributed by atoms with van der Waals surface area (Å²) >= 11 is 0. The average molecular weight is 583 g/mol. The number of aryl methyl sites for hydroxylation is 3. The van der Waals surface area contributed by atoms with Crippen LogP contribution >= 0.6 is 0 Å². The number of amides is 2. The van der Waals surface area contributed by atoms with Crippen molar-refractivity contribution < 1.29 is 9.59 Å². The van der Waals surface area contributed by atoms with E-state index in [4.69, 9.17) is 0 Å². The minimum atomic E-state index is -0.318. The first-order valence-corrected chi connectivity index (χ1v) is 15.2. The molecular weight excluding hydrogens is 552 g/mol. The minimum Gasteiger partial charge on any atom is -0.308 e. The van der Waals surface area contributed by atoms with E-state index in [1.165, 1.54) is 27.2 Å². The van der Waals surface area contributed by atoms with Gasteiger partial charge in [0.1, 0.15) is 0 Å². The summed E-state index contributed by atoms with van der Waals surface area (Å²) in [5.41, 5.74) is 11.9. The minimum absolute atomic E-state index is 0.312. The van der Waals surface area contributed by atoms with Crippen molar-refractivity contribution in [3.63, 3.8) is 0 Å². The zero-order valence-electron chi connectivity index (χ0n) is 25.3. The molecule has 0 N–H and O–H groups in total. The van der Waals surface area contributed by atoms with E-state index in [1.54, 1.807) is 6.07 Å². The van der Waals surface area contributed by atoms with Crippen LogP contribution in [0, 0.1) is 20.8 Å². The lowest BCUT2D eigenvalue weighted by atomic mass is 9.93. The number of fused-ring (bicyclic) bond motifs is 4. The number of hydrogen-bond donors (Lipinski definition) is 0. The predicted octanol–water partition coefficient (Wildman–Crippen LogP) is 9.84. The summed E-state index contributed by atoms with van der Waals surface area (Å²) in [5, 5.41) is 2.19. The molecule has 6 aromatic carbocycles. The van der Waals surface area contributed by atoms with E-state index in [0.29, 0.717) is 22.5 Å². The van der Waals surface area contributed by atoms with E-state index in [-0.39, 0.29) is 11.8 Å². The summed E-state index contributed by atoms with van der Waals surface area (Å²) in [6.45, 7) is 6.44. The lowest BCUT2D eigenvalue weighted by Gasteiger charge is -2.19. The lowest BCUT2D eigenvalue weighted by molar-refractivity contribution is 0.0926. The first-order valence-electron chi connectivity index (χ1n) is 15.2. The van der Waals surface area contributed by atoms with Crippen LogP contribution in [0.5, 0.6) is 0 Å². The van der Waals surface area contributed by atoms with Crippen molar-refractivity contribution in [2.24, 2.45) is 0 Å². The molecule has 8 rings (SSSR count). The highest BCUT2D eigenvalue weighted by atomic mass is 16.2. The Morgan fingerprint density at radius 1 is 0.467 bits per heavy atom. The number of carbonyl (C=O) groups excluding carboxylic acids is 2. The summed E-state index contributed by atoms with van der Waals surface area (Å²) < 4.78 is 2.16. The molecule has 1 aliphatic heterocycles. The largest absolute Gasteiger partial charge is 0.308 e. The highest BCUT2D eigenvalue weighted by Crippen LogP contribution is 2.41. The smallest absolute Gasteiger partial charge is 0.268 e. The number of benzene rings is 6. The second-order valence-electron chi connectivity index (χ2n) is 11.9. The first kappa shape index (κ1) is 26.9. The van der Waals surface area contributed by atoms with Crippen LogP contribution in [0.15, 0.2) is 127 Å². The third-order valence-corrected chi connectivity index (χ3v) is 9.00. The van der Waals surface area contributed by atoms with E-state index < -0.39 is 0 Å². The van der Waals surface area contributed by atoms with Gasteiger partial charge in [0.2, 0.25) is 0 Å². The number of anilines is 1. The Bertz CT molecular complexity index is 2320. The zero-order valence-corrected chi connectivity index (χ0v) is 25.3. The Balaban J connectivity index is 1.36. The van der Waals surface area contributed by atoms with Crippen LogP contribution in [0.4, 0.5) is 5.69 Å². The van der Waals surface area contributed by atoms with Crippen LogP contribution < -0.4 is 4.90 Å². The molecule has 0 spiro atoms. The molecule has 45 heavy (non-hydrogen) atoms. The molecule has 0 bridgehead atoms. The predicted molar refractivity (Wildman–Crippen MR) is 183 cm³/mol. The topological polar surface area (TPSA) is 42.3 Å².